The number of amides is 2. The zero-order chi connectivity index (χ0) is 16.9. The molecule has 5 nitrogen and oxygen atoms in total. The largest absolute Gasteiger partial charge is 0.383 e. The van der Waals surface area contributed by atoms with Gasteiger partial charge in [0.2, 0.25) is 0 Å². The molecule has 0 aromatic heterocycles. The summed E-state index contributed by atoms with van der Waals surface area (Å²) in [4.78, 5) is 25.8. The molecule has 0 spiro atoms. The van der Waals surface area contributed by atoms with Crippen LogP contribution in [0.3, 0.4) is 0 Å². The summed E-state index contributed by atoms with van der Waals surface area (Å²) in [5.41, 5.74) is 2.96. The number of anilines is 2. The van der Waals surface area contributed by atoms with Gasteiger partial charge < -0.3 is 10.6 Å². The van der Waals surface area contributed by atoms with Gasteiger partial charge in [0, 0.05) is 24.5 Å². The Morgan fingerprint density at radius 3 is 2.42 bits per heavy atom. The smallest absolute Gasteiger partial charge is 0.290 e. The number of nitrogens with zero attached hydrogens (tertiary/aromatic N) is 1. The van der Waals surface area contributed by atoms with Gasteiger partial charge >= 0.3 is 0 Å². The van der Waals surface area contributed by atoms with Crippen LogP contribution >= 0.6 is 11.8 Å². The number of hydrogen-bond donors (Lipinski definition) is 2. The lowest BCUT2D eigenvalue weighted by atomic mass is 10.2. The van der Waals surface area contributed by atoms with E-state index in [-0.39, 0.29) is 11.1 Å². The summed E-state index contributed by atoms with van der Waals surface area (Å²) < 4.78 is 0. The minimum Gasteiger partial charge on any atom is -0.383 e. The molecule has 1 atom stereocenters. The average Bonchev–Trinajstić information content (AvgIpc) is 2.85. The van der Waals surface area contributed by atoms with Crippen LogP contribution in [0.15, 0.2) is 54.6 Å². The molecule has 1 aliphatic rings. The quantitative estimate of drug-likeness (QED) is 0.841. The Hall–Kier alpha value is -2.47. The number of hydrogen-bond acceptors (Lipinski definition) is 5. The molecule has 6 heteroatoms. The van der Waals surface area contributed by atoms with Crippen molar-refractivity contribution in [2.75, 3.05) is 23.7 Å². The second-order valence-corrected chi connectivity index (χ2v) is 6.61. The van der Waals surface area contributed by atoms with Crippen molar-refractivity contribution >= 4 is 34.3 Å². The normalized spacial score (nSPS) is 17.2. The monoisotopic (exact) mass is 341 g/mol. The first-order valence-electron chi connectivity index (χ1n) is 7.77. The number of thioether (sulfide) groups is 1. The van der Waals surface area contributed by atoms with Crippen LogP contribution in [-0.2, 0) is 4.79 Å². The lowest BCUT2D eigenvalue weighted by Crippen LogP contribution is -2.37. The first-order valence-corrected chi connectivity index (χ1v) is 8.65. The molecule has 0 aliphatic carbocycles. The van der Waals surface area contributed by atoms with E-state index >= 15 is 0 Å². The topological polar surface area (TPSA) is 61.4 Å². The summed E-state index contributed by atoms with van der Waals surface area (Å²) in [6, 6.07) is 17.5. The van der Waals surface area contributed by atoms with E-state index in [2.05, 4.69) is 10.6 Å². The third-order valence-corrected chi connectivity index (χ3v) is 4.69. The van der Waals surface area contributed by atoms with Gasteiger partial charge in [-0.25, -0.2) is 0 Å². The van der Waals surface area contributed by atoms with Crippen LogP contribution in [0.25, 0.3) is 0 Å². The van der Waals surface area contributed by atoms with Crippen molar-refractivity contribution in [2.24, 2.45) is 0 Å². The maximum absolute atomic E-state index is 12.4. The van der Waals surface area contributed by atoms with Gasteiger partial charge in [0.1, 0.15) is 0 Å². The fourth-order valence-electron chi connectivity index (χ4n) is 2.41. The molecule has 3 rings (SSSR count). The van der Waals surface area contributed by atoms with E-state index < -0.39 is 5.37 Å². The van der Waals surface area contributed by atoms with Crippen molar-refractivity contribution < 1.29 is 9.59 Å². The van der Waals surface area contributed by atoms with E-state index in [4.69, 9.17) is 0 Å². The highest BCUT2D eigenvalue weighted by Crippen LogP contribution is 2.28. The van der Waals surface area contributed by atoms with Crippen LogP contribution in [0.2, 0.25) is 0 Å². The minimum atomic E-state index is -0.558. The second kappa shape index (κ2) is 7.40. The molecule has 1 saturated heterocycles. The number of aryl methyl sites for hydroxylation is 1. The highest BCUT2D eigenvalue weighted by atomic mass is 32.2. The van der Waals surface area contributed by atoms with E-state index in [1.165, 1.54) is 4.90 Å². The predicted octanol–water partition coefficient (Wildman–Crippen LogP) is 3.54. The van der Waals surface area contributed by atoms with Crippen LogP contribution in [0, 0.1) is 6.92 Å². The molecular formula is C18H19N3O2S. The molecule has 2 amide bonds. The Morgan fingerprint density at radius 2 is 1.71 bits per heavy atom. The molecule has 0 bridgehead atoms. The first kappa shape index (κ1) is 16.4. The number of para-hydroxylation sites is 1. The molecule has 1 fully saturated rings. The maximum Gasteiger partial charge on any atom is 0.290 e. The SMILES string of the molecule is Cc1ccc(N[C@@H]2SC(=O)N(CCNc3ccccc3)C2=O)cc1. The Balaban J connectivity index is 1.54. The van der Waals surface area contributed by atoms with Crippen molar-refractivity contribution in [3.05, 3.63) is 60.2 Å². The lowest BCUT2D eigenvalue weighted by molar-refractivity contribution is -0.126. The molecule has 2 N–H and O–H groups in total. The third-order valence-electron chi connectivity index (χ3n) is 3.72. The van der Waals surface area contributed by atoms with Crippen molar-refractivity contribution in [1.29, 1.82) is 0 Å². The third kappa shape index (κ3) is 3.89. The number of rotatable bonds is 6. The molecule has 24 heavy (non-hydrogen) atoms. The molecule has 1 heterocycles. The average molecular weight is 341 g/mol. The van der Waals surface area contributed by atoms with Gasteiger partial charge in [-0.1, -0.05) is 35.9 Å². The van der Waals surface area contributed by atoms with Crippen molar-refractivity contribution in [3.8, 4) is 0 Å². The second-order valence-electron chi connectivity index (χ2n) is 5.56. The van der Waals surface area contributed by atoms with Crippen LogP contribution in [0.4, 0.5) is 16.2 Å². The van der Waals surface area contributed by atoms with E-state index in [9.17, 15) is 9.59 Å². The Labute approximate surface area is 145 Å². The van der Waals surface area contributed by atoms with Crippen molar-refractivity contribution in [3.63, 3.8) is 0 Å². The van der Waals surface area contributed by atoms with Crippen LogP contribution < -0.4 is 10.6 Å². The van der Waals surface area contributed by atoms with Gasteiger partial charge in [-0.2, -0.15) is 0 Å². The summed E-state index contributed by atoms with van der Waals surface area (Å²) in [6.45, 7) is 2.88. The summed E-state index contributed by atoms with van der Waals surface area (Å²) >= 11 is 1.03. The molecule has 1 aliphatic heterocycles. The molecule has 2 aromatic rings. The van der Waals surface area contributed by atoms with E-state index in [1.807, 2.05) is 61.5 Å². The molecule has 2 aromatic carbocycles. The van der Waals surface area contributed by atoms with Gasteiger partial charge in [0.05, 0.1) is 0 Å². The number of imide groups is 1. The zero-order valence-electron chi connectivity index (χ0n) is 13.4. The Bertz CT molecular complexity index is 719. The number of carbonyl (C=O) groups excluding carboxylic acids is 2. The van der Waals surface area contributed by atoms with E-state index in [0.717, 1.165) is 28.7 Å². The molecule has 124 valence electrons. The predicted molar refractivity (Wildman–Crippen MR) is 98.2 cm³/mol. The highest BCUT2D eigenvalue weighted by Gasteiger charge is 2.39. The summed E-state index contributed by atoms with van der Waals surface area (Å²) in [5.74, 6) is -0.194. The van der Waals surface area contributed by atoms with Gasteiger partial charge in [0.15, 0.2) is 5.37 Å². The number of nitrogens with one attached hydrogen (secondary N) is 2. The van der Waals surface area contributed by atoms with Crippen molar-refractivity contribution in [1.82, 2.24) is 4.90 Å². The lowest BCUT2D eigenvalue weighted by Gasteiger charge is -2.15. The van der Waals surface area contributed by atoms with Gasteiger partial charge in [0.25, 0.3) is 11.1 Å². The fraction of sp³-hybridized carbons (Fsp3) is 0.222. The first-order chi connectivity index (χ1) is 11.6. The van der Waals surface area contributed by atoms with Crippen LogP contribution in [0.1, 0.15) is 5.56 Å². The summed E-state index contributed by atoms with van der Waals surface area (Å²) in [7, 11) is 0. The summed E-state index contributed by atoms with van der Waals surface area (Å²) in [5, 5.41) is 5.56. The van der Waals surface area contributed by atoms with E-state index in [0.29, 0.717) is 13.1 Å². The van der Waals surface area contributed by atoms with E-state index in [1.54, 1.807) is 0 Å². The van der Waals surface area contributed by atoms with Gasteiger partial charge in [-0.3, -0.25) is 14.5 Å². The number of carbonyl (C=O) groups is 2. The van der Waals surface area contributed by atoms with Crippen molar-refractivity contribution in [2.45, 2.75) is 12.3 Å². The fourth-order valence-corrected chi connectivity index (χ4v) is 3.34. The highest BCUT2D eigenvalue weighted by molar-refractivity contribution is 8.15. The standard InChI is InChI=1S/C18H19N3O2S/c1-13-7-9-15(10-8-13)20-16-17(22)21(18(23)24-16)12-11-19-14-5-3-2-4-6-14/h2-10,16,19-20H,11-12H2,1H3/t16-/m1/s1. The molecule has 0 saturated carbocycles. The Morgan fingerprint density at radius 1 is 1.00 bits per heavy atom. The van der Waals surface area contributed by atoms with Crippen LogP contribution in [-0.4, -0.2) is 34.5 Å². The molecule has 0 unspecified atom stereocenters. The zero-order valence-corrected chi connectivity index (χ0v) is 14.2. The molecular weight excluding hydrogens is 322 g/mol. The maximum atomic E-state index is 12.4. The summed E-state index contributed by atoms with van der Waals surface area (Å²) in [6.07, 6.45) is 0. The number of benzene rings is 2. The Kier molecular flexibility index (Phi) is 5.05. The van der Waals surface area contributed by atoms with Crippen LogP contribution in [0.5, 0.6) is 0 Å². The molecule has 0 radical (unpaired) electrons. The minimum absolute atomic E-state index is 0.194. The van der Waals surface area contributed by atoms with Gasteiger partial charge in [-0.15, -0.1) is 0 Å². The van der Waals surface area contributed by atoms with Gasteiger partial charge in [-0.05, 0) is 43.0 Å².